The van der Waals surface area contributed by atoms with Crippen molar-refractivity contribution in [2.45, 2.75) is 31.0 Å². The van der Waals surface area contributed by atoms with Gasteiger partial charge in [-0.3, -0.25) is 9.69 Å². The minimum Gasteiger partial charge on any atom is -0.396 e. The van der Waals surface area contributed by atoms with Gasteiger partial charge in [0.05, 0.1) is 12.7 Å². The topological polar surface area (TPSA) is 61.8 Å². The Balaban J connectivity index is 1.54. The number of ether oxygens (including phenoxy) is 1. The number of rotatable bonds is 4. The molecule has 6 heteroatoms. The van der Waals surface area contributed by atoms with Gasteiger partial charge in [0.2, 0.25) is 0 Å². The SMILES string of the molecule is O=C(N[C@H]1C[C@H]2CO[C@@H](CCO)CN2C1)c1ccc(Cl)cc1. The van der Waals surface area contributed by atoms with Crippen molar-refractivity contribution in [3.63, 3.8) is 0 Å². The lowest BCUT2D eigenvalue weighted by atomic mass is 10.1. The molecule has 2 N–H and O–H groups in total. The Kier molecular flexibility index (Phi) is 4.98. The molecule has 2 aliphatic heterocycles. The highest BCUT2D eigenvalue weighted by molar-refractivity contribution is 6.30. The fraction of sp³-hybridized carbons (Fsp3) is 0.562. The van der Waals surface area contributed by atoms with E-state index in [0.717, 1.165) is 19.5 Å². The van der Waals surface area contributed by atoms with Crippen molar-refractivity contribution in [2.24, 2.45) is 0 Å². The van der Waals surface area contributed by atoms with Crippen LogP contribution in [0.2, 0.25) is 5.02 Å². The van der Waals surface area contributed by atoms with Gasteiger partial charge in [0.15, 0.2) is 0 Å². The lowest BCUT2D eigenvalue weighted by Crippen LogP contribution is -2.46. The summed E-state index contributed by atoms with van der Waals surface area (Å²) < 4.78 is 5.75. The van der Waals surface area contributed by atoms with E-state index in [9.17, 15) is 4.79 Å². The van der Waals surface area contributed by atoms with Gasteiger partial charge in [-0.1, -0.05) is 11.6 Å². The molecule has 1 amide bonds. The van der Waals surface area contributed by atoms with E-state index in [0.29, 0.717) is 29.7 Å². The van der Waals surface area contributed by atoms with Crippen LogP contribution < -0.4 is 5.32 Å². The van der Waals surface area contributed by atoms with Crippen LogP contribution in [0.25, 0.3) is 0 Å². The molecule has 0 unspecified atom stereocenters. The third-order valence-electron chi connectivity index (χ3n) is 4.38. The molecule has 0 spiro atoms. The van der Waals surface area contributed by atoms with Crippen LogP contribution in [-0.4, -0.2) is 60.4 Å². The summed E-state index contributed by atoms with van der Waals surface area (Å²) in [5, 5.41) is 12.7. The van der Waals surface area contributed by atoms with Crippen molar-refractivity contribution < 1.29 is 14.6 Å². The number of hydrogen-bond donors (Lipinski definition) is 2. The van der Waals surface area contributed by atoms with E-state index in [1.54, 1.807) is 24.3 Å². The number of fused-ring (bicyclic) bond motifs is 1. The smallest absolute Gasteiger partial charge is 0.251 e. The number of morpholine rings is 1. The molecule has 2 saturated heterocycles. The number of nitrogens with zero attached hydrogens (tertiary/aromatic N) is 1. The van der Waals surface area contributed by atoms with Gasteiger partial charge < -0.3 is 15.2 Å². The van der Waals surface area contributed by atoms with Crippen molar-refractivity contribution in [1.82, 2.24) is 10.2 Å². The summed E-state index contributed by atoms with van der Waals surface area (Å²) in [4.78, 5) is 14.6. The second kappa shape index (κ2) is 6.96. The van der Waals surface area contributed by atoms with E-state index >= 15 is 0 Å². The average Bonchev–Trinajstić information content (AvgIpc) is 2.89. The van der Waals surface area contributed by atoms with E-state index < -0.39 is 0 Å². The largest absolute Gasteiger partial charge is 0.396 e. The summed E-state index contributed by atoms with van der Waals surface area (Å²) in [5.41, 5.74) is 0.628. The molecule has 2 heterocycles. The summed E-state index contributed by atoms with van der Waals surface area (Å²) >= 11 is 5.84. The first kappa shape index (κ1) is 15.7. The third-order valence-corrected chi connectivity index (χ3v) is 4.64. The molecule has 5 nitrogen and oxygen atoms in total. The van der Waals surface area contributed by atoms with Gasteiger partial charge in [-0.25, -0.2) is 0 Å². The Morgan fingerprint density at radius 2 is 2.14 bits per heavy atom. The molecule has 3 atom stereocenters. The van der Waals surface area contributed by atoms with Crippen LogP contribution in [0, 0.1) is 0 Å². The van der Waals surface area contributed by atoms with E-state index in [4.69, 9.17) is 21.4 Å². The van der Waals surface area contributed by atoms with E-state index in [1.165, 1.54) is 0 Å². The molecule has 0 saturated carbocycles. The van der Waals surface area contributed by atoms with Crippen LogP contribution in [0.4, 0.5) is 0 Å². The zero-order valence-corrected chi connectivity index (χ0v) is 13.1. The second-order valence-electron chi connectivity index (χ2n) is 5.99. The van der Waals surface area contributed by atoms with E-state index in [-0.39, 0.29) is 24.7 Å². The summed E-state index contributed by atoms with van der Waals surface area (Å²) in [6, 6.07) is 7.43. The number of hydrogen-bond acceptors (Lipinski definition) is 4. The highest BCUT2D eigenvalue weighted by atomic mass is 35.5. The normalized spacial score (nSPS) is 28.4. The maximum atomic E-state index is 12.2. The zero-order valence-electron chi connectivity index (χ0n) is 12.4. The Hall–Kier alpha value is -1.14. The molecule has 1 aromatic rings. The number of amides is 1. The second-order valence-corrected chi connectivity index (χ2v) is 6.42. The van der Waals surface area contributed by atoms with E-state index in [2.05, 4.69) is 10.2 Å². The molecule has 0 radical (unpaired) electrons. The van der Waals surface area contributed by atoms with Crippen molar-refractivity contribution in [3.05, 3.63) is 34.9 Å². The van der Waals surface area contributed by atoms with Gasteiger partial charge in [0, 0.05) is 42.4 Å². The van der Waals surface area contributed by atoms with Gasteiger partial charge in [0.1, 0.15) is 0 Å². The summed E-state index contributed by atoms with van der Waals surface area (Å²) in [5.74, 6) is -0.0608. The molecule has 120 valence electrons. The highest BCUT2D eigenvalue weighted by Crippen LogP contribution is 2.24. The van der Waals surface area contributed by atoms with Crippen molar-refractivity contribution in [3.8, 4) is 0 Å². The first-order chi connectivity index (χ1) is 10.7. The molecule has 2 fully saturated rings. The number of carbonyl (C=O) groups excluding carboxylic acids is 1. The number of benzene rings is 1. The molecular formula is C16H21ClN2O3. The summed E-state index contributed by atoms with van der Waals surface area (Å²) in [6.45, 7) is 2.51. The predicted octanol–water partition coefficient (Wildman–Crippen LogP) is 1.29. The Morgan fingerprint density at radius 1 is 1.36 bits per heavy atom. The van der Waals surface area contributed by atoms with Crippen LogP contribution in [-0.2, 0) is 4.74 Å². The molecule has 0 aliphatic carbocycles. The maximum Gasteiger partial charge on any atom is 0.251 e. The zero-order chi connectivity index (χ0) is 15.5. The molecular weight excluding hydrogens is 304 g/mol. The minimum atomic E-state index is -0.0608. The van der Waals surface area contributed by atoms with Crippen LogP contribution in [0.15, 0.2) is 24.3 Å². The fourth-order valence-electron chi connectivity index (χ4n) is 3.24. The number of aliphatic hydroxyl groups excluding tert-OH is 1. The van der Waals surface area contributed by atoms with Gasteiger partial charge >= 0.3 is 0 Å². The van der Waals surface area contributed by atoms with Crippen LogP contribution in [0.3, 0.4) is 0 Å². The molecule has 1 aromatic carbocycles. The Labute approximate surface area is 135 Å². The quantitative estimate of drug-likeness (QED) is 0.876. The average molecular weight is 325 g/mol. The molecule has 0 aromatic heterocycles. The minimum absolute atomic E-state index is 0.0608. The summed E-state index contributed by atoms with van der Waals surface area (Å²) in [7, 11) is 0. The molecule has 22 heavy (non-hydrogen) atoms. The summed E-state index contributed by atoms with van der Waals surface area (Å²) in [6.07, 6.45) is 1.68. The van der Waals surface area contributed by atoms with Crippen LogP contribution in [0.1, 0.15) is 23.2 Å². The number of carbonyl (C=O) groups is 1. The molecule has 3 rings (SSSR count). The lowest BCUT2D eigenvalue weighted by molar-refractivity contribution is -0.0566. The highest BCUT2D eigenvalue weighted by Gasteiger charge is 2.37. The molecule has 0 bridgehead atoms. The Morgan fingerprint density at radius 3 is 2.86 bits per heavy atom. The first-order valence-corrected chi connectivity index (χ1v) is 8.06. The number of halogens is 1. The Bertz CT molecular complexity index is 523. The fourth-order valence-corrected chi connectivity index (χ4v) is 3.36. The van der Waals surface area contributed by atoms with Gasteiger partial charge in [-0.05, 0) is 37.1 Å². The maximum absolute atomic E-state index is 12.2. The predicted molar refractivity (Wildman–Crippen MR) is 84.1 cm³/mol. The van der Waals surface area contributed by atoms with Crippen molar-refractivity contribution in [1.29, 1.82) is 0 Å². The van der Waals surface area contributed by atoms with E-state index in [1.807, 2.05) is 0 Å². The van der Waals surface area contributed by atoms with Crippen LogP contribution >= 0.6 is 11.6 Å². The van der Waals surface area contributed by atoms with Crippen molar-refractivity contribution in [2.75, 3.05) is 26.3 Å². The third kappa shape index (κ3) is 3.60. The van der Waals surface area contributed by atoms with Crippen LogP contribution in [0.5, 0.6) is 0 Å². The standard InChI is InChI=1S/C16H21ClN2O3/c17-12-3-1-11(2-4-12)16(21)18-13-7-14-10-22-15(5-6-20)9-19(14)8-13/h1-4,13-15,20H,5-10H2,(H,18,21)/t13-,14-,15-/m0/s1. The van der Waals surface area contributed by atoms with Gasteiger partial charge in [0.25, 0.3) is 5.91 Å². The van der Waals surface area contributed by atoms with Gasteiger partial charge in [-0.15, -0.1) is 0 Å². The molecule has 2 aliphatic rings. The van der Waals surface area contributed by atoms with Gasteiger partial charge in [-0.2, -0.15) is 0 Å². The number of nitrogens with one attached hydrogen (secondary N) is 1. The monoisotopic (exact) mass is 324 g/mol. The van der Waals surface area contributed by atoms with Crippen molar-refractivity contribution >= 4 is 17.5 Å². The first-order valence-electron chi connectivity index (χ1n) is 7.68. The lowest BCUT2D eigenvalue weighted by Gasteiger charge is -2.34. The number of aliphatic hydroxyl groups is 1.